The molecule has 0 aliphatic rings. The summed E-state index contributed by atoms with van der Waals surface area (Å²) >= 11 is 0. The highest BCUT2D eigenvalue weighted by atomic mass is 19.3. The third-order valence-corrected chi connectivity index (χ3v) is 2.39. The molecule has 0 aliphatic carbocycles. The number of halogens is 2. The van der Waals surface area contributed by atoms with E-state index in [0.29, 0.717) is 12.1 Å². The number of pyridine rings is 1. The first-order chi connectivity index (χ1) is 8.88. The first-order valence-corrected chi connectivity index (χ1v) is 5.85. The average Bonchev–Trinajstić information content (AvgIpc) is 2.37. The number of carbonyl (C=O) groups is 1. The Balaban J connectivity index is 2.90. The molecule has 0 fully saturated rings. The van der Waals surface area contributed by atoms with Crippen molar-refractivity contribution in [2.45, 2.75) is 25.7 Å². The summed E-state index contributed by atoms with van der Waals surface area (Å²) in [6.07, 6.45) is 1.33. The molecular formula is C12H16F2N2O3. The molecule has 0 atom stereocenters. The lowest BCUT2D eigenvalue weighted by Crippen LogP contribution is -2.31. The van der Waals surface area contributed by atoms with Gasteiger partial charge in [0, 0.05) is 5.69 Å². The summed E-state index contributed by atoms with van der Waals surface area (Å²) in [5.74, 6) is -4.35. The van der Waals surface area contributed by atoms with Gasteiger partial charge in [-0.1, -0.05) is 13.3 Å². The number of aliphatic hydroxyl groups is 1. The van der Waals surface area contributed by atoms with Gasteiger partial charge in [-0.05, 0) is 18.6 Å². The molecule has 19 heavy (non-hydrogen) atoms. The number of hydrogen-bond acceptors (Lipinski definition) is 4. The third kappa shape index (κ3) is 4.78. The van der Waals surface area contributed by atoms with Crippen LogP contribution >= 0.6 is 0 Å². The first-order valence-electron chi connectivity index (χ1n) is 5.85. The molecule has 5 nitrogen and oxygen atoms in total. The number of hydrogen-bond donors (Lipinski definition) is 3. The van der Waals surface area contributed by atoms with Crippen LogP contribution in [0, 0.1) is 0 Å². The van der Waals surface area contributed by atoms with Crippen LogP contribution in [-0.4, -0.2) is 40.2 Å². The summed E-state index contributed by atoms with van der Waals surface area (Å²) in [6.45, 7) is -0.173. The Labute approximate surface area is 109 Å². The number of nitrogens with one attached hydrogen (secondary N) is 1. The number of aromatic carboxylic acids is 1. The van der Waals surface area contributed by atoms with Crippen LogP contribution in [0.1, 0.15) is 29.4 Å². The molecule has 0 spiro atoms. The molecule has 1 aromatic heterocycles. The van der Waals surface area contributed by atoms with Crippen molar-refractivity contribution < 1.29 is 23.8 Å². The molecule has 0 saturated carbocycles. The molecule has 0 bridgehead atoms. The maximum atomic E-state index is 12.9. The predicted octanol–water partition coefficient (Wildman–Crippen LogP) is 1.77. The van der Waals surface area contributed by atoms with Crippen LogP contribution in [0.5, 0.6) is 0 Å². The zero-order valence-electron chi connectivity index (χ0n) is 10.5. The number of carboxylic acids is 1. The van der Waals surface area contributed by atoms with Gasteiger partial charge in [-0.3, -0.25) is 0 Å². The lowest BCUT2D eigenvalue weighted by atomic mass is 10.1. The molecule has 1 heterocycles. The highest BCUT2D eigenvalue weighted by molar-refractivity contribution is 5.88. The van der Waals surface area contributed by atoms with E-state index in [1.54, 1.807) is 0 Å². The standard InChI is InChI=1S/C12H16F2N2O3/c1-2-3-9-4-8(11(18)19)5-10(16-9)15-6-12(13,14)7-17/h4-5,17H,2-3,6-7H2,1H3,(H,15,16)(H,18,19). The fourth-order valence-corrected chi connectivity index (χ4v) is 1.46. The molecule has 0 amide bonds. The predicted molar refractivity (Wildman–Crippen MR) is 65.7 cm³/mol. The molecular weight excluding hydrogens is 258 g/mol. The molecule has 0 saturated heterocycles. The topological polar surface area (TPSA) is 82.5 Å². The number of aromatic nitrogens is 1. The van der Waals surface area contributed by atoms with Crippen molar-refractivity contribution in [3.63, 3.8) is 0 Å². The smallest absolute Gasteiger partial charge is 0.335 e. The number of nitrogens with zero attached hydrogens (tertiary/aromatic N) is 1. The Kier molecular flexibility index (Phi) is 5.17. The first kappa shape index (κ1) is 15.3. The average molecular weight is 274 g/mol. The number of carboxylic acid groups (broad SMARTS) is 1. The van der Waals surface area contributed by atoms with Gasteiger partial charge in [0.15, 0.2) is 0 Å². The van der Waals surface area contributed by atoms with Crippen LogP contribution in [0.4, 0.5) is 14.6 Å². The quantitative estimate of drug-likeness (QED) is 0.706. The van der Waals surface area contributed by atoms with Gasteiger partial charge in [0.1, 0.15) is 12.4 Å². The Hall–Kier alpha value is -1.76. The van der Waals surface area contributed by atoms with Gasteiger partial charge < -0.3 is 15.5 Å². The second-order valence-corrected chi connectivity index (χ2v) is 4.16. The van der Waals surface area contributed by atoms with Gasteiger partial charge in [0.25, 0.3) is 5.92 Å². The highest BCUT2D eigenvalue weighted by Gasteiger charge is 2.27. The Morgan fingerprint density at radius 1 is 1.47 bits per heavy atom. The van der Waals surface area contributed by atoms with Crippen molar-refractivity contribution in [1.29, 1.82) is 0 Å². The van der Waals surface area contributed by atoms with Crippen LogP contribution in [0.25, 0.3) is 0 Å². The van der Waals surface area contributed by atoms with Gasteiger partial charge in [-0.15, -0.1) is 0 Å². The van der Waals surface area contributed by atoms with E-state index >= 15 is 0 Å². The maximum absolute atomic E-state index is 12.9. The minimum Gasteiger partial charge on any atom is -0.478 e. The minimum absolute atomic E-state index is 0.00624. The van der Waals surface area contributed by atoms with E-state index < -0.39 is 25.0 Å². The molecule has 106 valence electrons. The summed E-state index contributed by atoms with van der Waals surface area (Å²) in [7, 11) is 0. The van der Waals surface area contributed by atoms with Gasteiger partial charge in [0.05, 0.1) is 12.1 Å². The SMILES string of the molecule is CCCc1cc(C(=O)O)cc(NCC(F)(F)CO)n1. The van der Waals surface area contributed by atoms with E-state index in [2.05, 4.69) is 10.3 Å². The Morgan fingerprint density at radius 2 is 2.16 bits per heavy atom. The van der Waals surface area contributed by atoms with Crippen molar-refractivity contribution in [3.05, 3.63) is 23.4 Å². The van der Waals surface area contributed by atoms with Crippen molar-refractivity contribution in [2.75, 3.05) is 18.5 Å². The number of alkyl halides is 2. The summed E-state index contributed by atoms with van der Waals surface area (Å²) in [5, 5.41) is 19.7. The summed E-state index contributed by atoms with van der Waals surface area (Å²) in [4.78, 5) is 15.0. The summed E-state index contributed by atoms with van der Waals surface area (Å²) in [6, 6.07) is 2.61. The maximum Gasteiger partial charge on any atom is 0.335 e. The zero-order valence-corrected chi connectivity index (χ0v) is 10.5. The van der Waals surface area contributed by atoms with Crippen molar-refractivity contribution in [2.24, 2.45) is 0 Å². The van der Waals surface area contributed by atoms with E-state index in [4.69, 9.17) is 10.2 Å². The van der Waals surface area contributed by atoms with Crippen LogP contribution in [0.2, 0.25) is 0 Å². The van der Waals surface area contributed by atoms with E-state index in [1.807, 2.05) is 6.92 Å². The van der Waals surface area contributed by atoms with Crippen LogP contribution < -0.4 is 5.32 Å². The van der Waals surface area contributed by atoms with E-state index in [-0.39, 0.29) is 11.4 Å². The summed E-state index contributed by atoms with van der Waals surface area (Å²) in [5.41, 5.74) is 0.519. The number of aryl methyl sites for hydroxylation is 1. The normalized spacial score (nSPS) is 11.4. The van der Waals surface area contributed by atoms with E-state index in [9.17, 15) is 13.6 Å². The van der Waals surface area contributed by atoms with Crippen LogP contribution in [-0.2, 0) is 6.42 Å². The molecule has 0 unspecified atom stereocenters. The fourth-order valence-electron chi connectivity index (χ4n) is 1.46. The highest BCUT2D eigenvalue weighted by Crippen LogP contribution is 2.16. The molecule has 1 rings (SSSR count). The largest absolute Gasteiger partial charge is 0.478 e. The van der Waals surface area contributed by atoms with Crippen LogP contribution in [0.3, 0.4) is 0 Å². The second kappa shape index (κ2) is 6.42. The van der Waals surface area contributed by atoms with E-state index in [1.165, 1.54) is 12.1 Å². The lowest BCUT2D eigenvalue weighted by Gasteiger charge is -2.15. The van der Waals surface area contributed by atoms with Gasteiger partial charge in [0.2, 0.25) is 0 Å². The van der Waals surface area contributed by atoms with Crippen LogP contribution in [0.15, 0.2) is 12.1 Å². The van der Waals surface area contributed by atoms with Gasteiger partial charge in [-0.2, -0.15) is 0 Å². The molecule has 0 radical (unpaired) electrons. The fraction of sp³-hybridized carbons (Fsp3) is 0.500. The van der Waals surface area contributed by atoms with Crippen molar-refractivity contribution >= 4 is 11.8 Å². The monoisotopic (exact) mass is 274 g/mol. The van der Waals surface area contributed by atoms with Crippen molar-refractivity contribution in [1.82, 2.24) is 4.98 Å². The second-order valence-electron chi connectivity index (χ2n) is 4.16. The molecule has 1 aromatic rings. The van der Waals surface area contributed by atoms with Gasteiger partial charge in [-0.25, -0.2) is 18.6 Å². The zero-order chi connectivity index (χ0) is 14.5. The van der Waals surface area contributed by atoms with Crippen molar-refractivity contribution in [3.8, 4) is 0 Å². The molecule has 3 N–H and O–H groups in total. The third-order valence-electron chi connectivity index (χ3n) is 2.39. The molecule has 7 heteroatoms. The molecule has 0 aliphatic heterocycles. The Morgan fingerprint density at radius 3 is 2.68 bits per heavy atom. The molecule has 0 aromatic carbocycles. The van der Waals surface area contributed by atoms with E-state index in [0.717, 1.165) is 6.42 Å². The lowest BCUT2D eigenvalue weighted by molar-refractivity contribution is -0.0373. The number of anilines is 1. The summed E-state index contributed by atoms with van der Waals surface area (Å²) < 4.78 is 25.8. The number of rotatable bonds is 7. The van der Waals surface area contributed by atoms with Gasteiger partial charge >= 0.3 is 5.97 Å². The Bertz CT molecular complexity index is 453. The number of aliphatic hydroxyl groups excluding tert-OH is 1. The minimum atomic E-state index is -3.27.